The molecule has 0 aliphatic carbocycles. The molecular weight excluding hydrogens is 349 g/mol. The van der Waals surface area contributed by atoms with E-state index < -0.39 is 18.4 Å². The Labute approximate surface area is 133 Å². The molecular formula is C18H39NSn. The van der Waals surface area contributed by atoms with E-state index in [2.05, 4.69) is 46.3 Å². The van der Waals surface area contributed by atoms with Gasteiger partial charge in [0.1, 0.15) is 0 Å². The van der Waals surface area contributed by atoms with E-state index in [0.29, 0.717) is 0 Å². The predicted molar refractivity (Wildman–Crippen MR) is 97.4 cm³/mol. The molecule has 0 radical (unpaired) electrons. The number of hydrogen-bond donors (Lipinski definition) is 0. The van der Waals surface area contributed by atoms with Crippen LogP contribution in [0.25, 0.3) is 0 Å². The summed E-state index contributed by atoms with van der Waals surface area (Å²) in [4.78, 5) is 2.29. The summed E-state index contributed by atoms with van der Waals surface area (Å²) in [6.45, 7) is 12.6. The molecule has 1 nitrogen and oxygen atoms in total. The summed E-state index contributed by atoms with van der Waals surface area (Å²) in [5.41, 5.74) is 1.52. The van der Waals surface area contributed by atoms with Gasteiger partial charge in [-0.15, -0.1) is 0 Å². The van der Waals surface area contributed by atoms with Crippen LogP contribution in [-0.4, -0.2) is 43.9 Å². The van der Waals surface area contributed by atoms with E-state index in [0.717, 1.165) is 6.54 Å². The summed E-state index contributed by atoms with van der Waals surface area (Å²) >= 11 is -1.96. The zero-order valence-electron chi connectivity index (χ0n) is 14.9. The van der Waals surface area contributed by atoms with Gasteiger partial charge in [-0.25, -0.2) is 0 Å². The van der Waals surface area contributed by atoms with Crippen molar-refractivity contribution in [2.45, 2.75) is 77.0 Å². The van der Waals surface area contributed by atoms with Crippen molar-refractivity contribution >= 4 is 18.4 Å². The number of nitrogens with zero attached hydrogens (tertiary/aromatic N) is 1. The molecule has 0 aromatic heterocycles. The summed E-state index contributed by atoms with van der Waals surface area (Å²) in [6.07, 6.45) is 8.53. The molecule has 2 heteroatoms. The van der Waals surface area contributed by atoms with Gasteiger partial charge in [-0.1, -0.05) is 0 Å². The Morgan fingerprint density at radius 3 is 1.55 bits per heavy atom. The van der Waals surface area contributed by atoms with Crippen LogP contribution in [0.2, 0.25) is 17.7 Å². The van der Waals surface area contributed by atoms with Crippen molar-refractivity contribution in [3.63, 3.8) is 0 Å². The van der Waals surface area contributed by atoms with Gasteiger partial charge in [0, 0.05) is 0 Å². The Kier molecular flexibility index (Phi) is 12.4. The third-order valence-electron chi connectivity index (χ3n) is 4.35. The van der Waals surface area contributed by atoms with Gasteiger partial charge in [0.2, 0.25) is 0 Å². The van der Waals surface area contributed by atoms with Crippen molar-refractivity contribution in [1.29, 1.82) is 0 Å². The molecule has 0 aromatic rings. The minimum atomic E-state index is -1.96. The van der Waals surface area contributed by atoms with Crippen LogP contribution in [0.3, 0.4) is 0 Å². The van der Waals surface area contributed by atoms with Crippen molar-refractivity contribution in [2.24, 2.45) is 0 Å². The van der Waals surface area contributed by atoms with Gasteiger partial charge in [0.25, 0.3) is 0 Å². The number of hydrogen-bond acceptors (Lipinski definition) is 1. The van der Waals surface area contributed by atoms with Crippen molar-refractivity contribution < 1.29 is 0 Å². The molecule has 20 heavy (non-hydrogen) atoms. The van der Waals surface area contributed by atoms with Crippen LogP contribution in [0.15, 0.2) is 12.2 Å². The molecule has 0 bridgehead atoms. The van der Waals surface area contributed by atoms with E-state index in [1.807, 2.05) is 0 Å². The Morgan fingerprint density at radius 1 is 0.850 bits per heavy atom. The third kappa shape index (κ3) is 9.44. The third-order valence-corrected chi connectivity index (χ3v) is 20.0. The van der Waals surface area contributed by atoms with E-state index in [9.17, 15) is 0 Å². The normalized spacial score (nSPS) is 12.1. The van der Waals surface area contributed by atoms with Gasteiger partial charge < -0.3 is 0 Å². The molecule has 0 heterocycles. The fourth-order valence-corrected chi connectivity index (χ4v) is 19.8. The zero-order chi connectivity index (χ0) is 15.4. The summed E-state index contributed by atoms with van der Waals surface area (Å²) in [6, 6.07) is 0. The van der Waals surface area contributed by atoms with Crippen molar-refractivity contribution in [1.82, 2.24) is 4.90 Å². The van der Waals surface area contributed by atoms with Crippen LogP contribution >= 0.6 is 0 Å². The number of likely N-dealkylation sites (N-methyl/N-ethyl adjacent to an activating group) is 1. The average molecular weight is 388 g/mol. The first-order chi connectivity index (χ1) is 9.49. The quantitative estimate of drug-likeness (QED) is 0.278. The standard InChI is InChI=1S/C6H12N.3C4H9.Sn/c1-6(2)5-7(3)4;3*1-3-4-2;/h1-2,5H2,3-4H3;3*1,3-4H2,2H3;. The summed E-state index contributed by atoms with van der Waals surface area (Å²) < 4.78 is 6.28. The molecule has 0 saturated carbocycles. The summed E-state index contributed by atoms with van der Waals surface area (Å²) in [5.74, 6) is 0. The summed E-state index contributed by atoms with van der Waals surface area (Å²) in [7, 11) is 4.35. The molecule has 0 aliphatic heterocycles. The van der Waals surface area contributed by atoms with Crippen LogP contribution in [0, 0.1) is 0 Å². The minimum absolute atomic E-state index is 1.10. The fourth-order valence-electron chi connectivity index (χ4n) is 3.33. The second-order valence-corrected chi connectivity index (χ2v) is 20.8. The van der Waals surface area contributed by atoms with Crippen LogP contribution in [0.4, 0.5) is 0 Å². The first kappa shape index (κ1) is 20.5. The fraction of sp³-hybridized carbons (Fsp3) is 0.889. The maximum atomic E-state index is 4.41. The van der Waals surface area contributed by atoms with Gasteiger partial charge in [-0.3, -0.25) is 0 Å². The van der Waals surface area contributed by atoms with E-state index in [1.165, 1.54) is 48.5 Å². The Bertz CT molecular complexity index is 226. The van der Waals surface area contributed by atoms with Crippen LogP contribution < -0.4 is 0 Å². The predicted octanol–water partition coefficient (Wildman–Crippen LogP) is 5.95. The molecule has 0 fully saturated rings. The van der Waals surface area contributed by atoms with E-state index in [1.54, 1.807) is 13.3 Å². The van der Waals surface area contributed by atoms with Crippen molar-refractivity contribution in [3.05, 3.63) is 12.2 Å². The monoisotopic (exact) mass is 389 g/mol. The molecule has 0 aliphatic rings. The topological polar surface area (TPSA) is 3.24 Å². The SMILES string of the molecule is C=C(CN(C)C)[CH2][Sn]([CH2]CCC)([CH2]CCC)[CH2]CCC. The second kappa shape index (κ2) is 12.1. The molecule has 0 unspecified atom stereocenters. The molecule has 0 aromatic carbocycles. The molecule has 0 amide bonds. The molecule has 0 rings (SSSR count). The zero-order valence-corrected chi connectivity index (χ0v) is 17.8. The average Bonchev–Trinajstić information content (AvgIpc) is 2.39. The van der Waals surface area contributed by atoms with Gasteiger partial charge in [0.15, 0.2) is 0 Å². The first-order valence-corrected chi connectivity index (χ1v) is 16.9. The molecule has 0 saturated heterocycles. The van der Waals surface area contributed by atoms with Gasteiger partial charge in [-0.2, -0.15) is 0 Å². The molecule has 0 spiro atoms. The van der Waals surface area contributed by atoms with Crippen LogP contribution in [0.1, 0.15) is 59.3 Å². The van der Waals surface area contributed by atoms with E-state index in [-0.39, 0.29) is 0 Å². The van der Waals surface area contributed by atoms with Gasteiger partial charge >= 0.3 is 133 Å². The molecule has 120 valence electrons. The second-order valence-electron chi connectivity index (χ2n) is 6.98. The van der Waals surface area contributed by atoms with Crippen LogP contribution in [-0.2, 0) is 0 Å². The molecule has 0 N–H and O–H groups in total. The van der Waals surface area contributed by atoms with E-state index in [4.69, 9.17) is 0 Å². The Balaban J connectivity index is 4.77. The maximum absolute atomic E-state index is 4.41. The van der Waals surface area contributed by atoms with Gasteiger partial charge in [0.05, 0.1) is 0 Å². The van der Waals surface area contributed by atoms with E-state index >= 15 is 0 Å². The number of rotatable bonds is 13. The van der Waals surface area contributed by atoms with Crippen molar-refractivity contribution in [3.8, 4) is 0 Å². The van der Waals surface area contributed by atoms with Gasteiger partial charge in [-0.05, 0) is 0 Å². The Hall–Kier alpha value is 0.499. The van der Waals surface area contributed by atoms with Crippen LogP contribution in [0.5, 0.6) is 0 Å². The summed E-state index contributed by atoms with van der Waals surface area (Å²) in [5, 5.41) is 0. The number of unbranched alkanes of at least 4 members (excludes halogenated alkanes) is 3. The Morgan fingerprint density at radius 2 is 1.25 bits per heavy atom. The van der Waals surface area contributed by atoms with Crippen molar-refractivity contribution in [2.75, 3.05) is 20.6 Å². The first-order valence-electron chi connectivity index (χ1n) is 8.81. The molecule has 0 atom stereocenters.